The normalized spacial score (nSPS) is 22.7. The van der Waals surface area contributed by atoms with Gasteiger partial charge in [0, 0.05) is 26.9 Å². The summed E-state index contributed by atoms with van der Waals surface area (Å²) in [5.41, 5.74) is 1.17. The fraction of sp³-hybridized carbons (Fsp3) is 0.222. The summed E-state index contributed by atoms with van der Waals surface area (Å²) < 4.78 is 14.8. The summed E-state index contributed by atoms with van der Waals surface area (Å²) in [6, 6.07) is 6.98. The van der Waals surface area contributed by atoms with Crippen LogP contribution in [0.2, 0.25) is 0 Å². The molecule has 1 aliphatic rings. The molecule has 0 saturated carbocycles. The summed E-state index contributed by atoms with van der Waals surface area (Å²) in [6.07, 6.45) is -1.77. The number of hydrogen-bond acceptors (Lipinski definition) is 2. The fourth-order valence-corrected chi connectivity index (χ4v) is 1.15. The highest BCUT2D eigenvalue weighted by atomic mass is 16.1. The summed E-state index contributed by atoms with van der Waals surface area (Å²) in [5, 5.41) is 2.89. The molecule has 1 heterocycles. The maximum atomic E-state index is 11.5. The second kappa shape index (κ2) is 2.38. The van der Waals surface area contributed by atoms with Gasteiger partial charge >= 0.3 is 0 Å². The highest BCUT2D eigenvalue weighted by Gasteiger charge is 2.14. The highest BCUT2D eigenvalue weighted by Crippen LogP contribution is 2.20. The van der Waals surface area contributed by atoms with Crippen LogP contribution >= 0.6 is 0 Å². The largest absolute Gasteiger partial charge is 0.384 e. The van der Waals surface area contributed by atoms with Gasteiger partial charge in [-0.05, 0) is 12.1 Å². The minimum absolute atomic E-state index is 0.0584. The van der Waals surface area contributed by atoms with E-state index in [1.807, 2.05) is 6.07 Å². The van der Waals surface area contributed by atoms with Gasteiger partial charge in [-0.25, -0.2) is 0 Å². The molecule has 0 unspecified atom stereocenters. The van der Waals surface area contributed by atoms with E-state index in [2.05, 4.69) is 5.32 Å². The zero-order valence-corrected chi connectivity index (χ0v) is 5.92. The molecule has 0 radical (unpaired) electrons. The van der Waals surface area contributed by atoms with Crippen molar-refractivity contribution in [2.24, 2.45) is 0 Å². The van der Waals surface area contributed by atoms with Crippen molar-refractivity contribution in [1.82, 2.24) is 0 Å². The molecule has 0 bridgehead atoms. The van der Waals surface area contributed by atoms with E-state index < -0.39 is 12.2 Å². The van der Waals surface area contributed by atoms with Crippen molar-refractivity contribution < 1.29 is 7.54 Å². The molecule has 2 rings (SSSR count). The Bertz CT molecular complexity index is 362. The maximum Gasteiger partial charge on any atom is 0.166 e. The van der Waals surface area contributed by atoms with E-state index in [1.165, 1.54) is 0 Å². The van der Waals surface area contributed by atoms with E-state index in [1.54, 1.807) is 18.2 Å². The van der Waals surface area contributed by atoms with Crippen LogP contribution < -0.4 is 5.32 Å². The number of rotatable bonds is 0. The predicted octanol–water partition coefficient (Wildman–Crippen LogP) is 1.68. The van der Waals surface area contributed by atoms with E-state index >= 15 is 0 Å². The molecule has 1 aromatic rings. The first-order valence-corrected chi connectivity index (χ1v) is 3.49. The predicted molar refractivity (Wildman–Crippen MR) is 43.9 cm³/mol. The van der Waals surface area contributed by atoms with Crippen molar-refractivity contribution in [3.8, 4) is 0 Å². The van der Waals surface area contributed by atoms with Gasteiger partial charge in [0.2, 0.25) is 0 Å². The molecule has 0 saturated heterocycles. The van der Waals surface area contributed by atoms with Crippen LogP contribution in [0.5, 0.6) is 0 Å². The van der Waals surface area contributed by atoms with Crippen LogP contribution in [0.15, 0.2) is 24.3 Å². The Hall–Kier alpha value is -1.31. The molecule has 11 heavy (non-hydrogen) atoms. The van der Waals surface area contributed by atoms with Crippen LogP contribution in [0.25, 0.3) is 0 Å². The molecule has 0 atom stereocenters. The number of Topliss-reactive ketones (excluding diaryl/α,β-unsaturated/α-hetero) is 1. The lowest BCUT2D eigenvalue weighted by molar-refractivity contribution is 0.0984. The number of fused-ring (bicyclic) bond motifs is 1. The summed E-state index contributed by atoms with van der Waals surface area (Å²) >= 11 is 0. The number of para-hydroxylation sites is 1. The summed E-state index contributed by atoms with van der Waals surface area (Å²) in [6.45, 7) is 0.0584. The molecule has 2 nitrogen and oxygen atoms in total. The second-order valence-corrected chi connectivity index (χ2v) is 2.41. The molecule has 2 heteroatoms. The Morgan fingerprint density at radius 3 is 3.18 bits per heavy atom. The van der Waals surface area contributed by atoms with Gasteiger partial charge < -0.3 is 5.32 Å². The lowest BCUT2D eigenvalue weighted by Crippen LogP contribution is -2.17. The molecule has 0 aromatic heterocycles. The van der Waals surface area contributed by atoms with Crippen molar-refractivity contribution in [1.29, 1.82) is 0 Å². The van der Waals surface area contributed by atoms with E-state index in [0.29, 0.717) is 5.56 Å². The van der Waals surface area contributed by atoms with Gasteiger partial charge in [0.15, 0.2) is 5.78 Å². The van der Waals surface area contributed by atoms with Crippen molar-refractivity contribution in [3.63, 3.8) is 0 Å². The number of ketones is 1. The Labute approximate surface area is 68.0 Å². The SMILES string of the molecule is [2H]C1([2H])CNc2ccccc2C1=O. The van der Waals surface area contributed by atoms with Crippen LogP contribution in [0.1, 0.15) is 19.5 Å². The smallest absolute Gasteiger partial charge is 0.166 e. The van der Waals surface area contributed by atoms with Gasteiger partial charge in [-0.1, -0.05) is 12.1 Å². The summed E-state index contributed by atoms with van der Waals surface area (Å²) in [4.78, 5) is 11.5. The first kappa shape index (κ1) is 4.54. The van der Waals surface area contributed by atoms with Gasteiger partial charge in [-0.2, -0.15) is 0 Å². The Balaban J connectivity index is 2.52. The molecular formula is C9H9NO. The zero-order chi connectivity index (χ0) is 9.47. The lowest BCUT2D eigenvalue weighted by Gasteiger charge is -2.15. The number of hydrogen-bond donors (Lipinski definition) is 1. The molecule has 0 aliphatic carbocycles. The zero-order valence-electron chi connectivity index (χ0n) is 7.92. The average molecular weight is 149 g/mol. The van der Waals surface area contributed by atoms with Crippen LogP contribution in [-0.2, 0) is 0 Å². The van der Waals surface area contributed by atoms with Crippen LogP contribution in [0.4, 0.5) is 5.69 Å². The molecule has 1 aromatic carbocycles. The molecule has 0 spiro atoms. The molecule has 0 amide bonds. The van der Waals surface area contributed by atoms with E-state index in [4.69, 9.17) is 2.74 Å². The van der Waals surface area contributed by atoms with Gasteiger partial charge in [0.05, 0.1) is 0 Å². The minimum atomic E-state index is -1.77. The molecule has 0 fully saturated rings. The van der Waals surface area contributed by atoms with E-state index in [9.17, 15) is 4.79 Å². The molecule has 56 valence electrons. The number of carbonyl (C=O) groups excluding carboxylic acids is 1. The maximum absolute atomic E-state index is 11.5. The lowest BCUT2D eigenvalue weighted by atomic mass is 10.0. The molecule has 1 N–H and O–H groups in total. The standard InChI is InChI=1S/C9H9NO/c11-9-5-6-10-8-4-2-1-3-7(8)9/h1-4,10H,5-6H2/i5D2. The summed E-state index contributed by atoms with van der Waals surface area (Å²) in [5.74, 6) is -0.429. The Morgan fingerprint density at radius 2 is 2.27 bits per heavy atom. The van der Waals surface area contributed by atoms with E-state index in [0.717, 1.165) is 5.69 Å². The third-order valence-corrected chi connectivity index (χ3v) is 1.70. The van der Waals surface area contributed by atoms with Crippen LogP contribution in [0.3, 0.4) is 0 Å². The quantitative estimate of drug-likeness (QED) is 0.608. The van der Waals surface area contributed by atoms with Crippen molar-refractivity contribution in [2.75, 3.05) is 11.9 Å². The molecule has 1 aliphatic heterocycles. The van der Waals surface area contributed by atoms with Gasteiger partial charge in [0.1, 0.15) is 0 Å². The van der Waals surface area contributed by atoms with Crippen molar-refractivity contribution >= 4 is 11.5 Å². The van der Waals surface area contributed by atoms with Crippen LogP contribution in [0, 0.1) is 0 Å². The van der Waals surface area contributed by atoms with Gasteiger partial charge in [-0.15, -0.1) is 0 Å². The second-order valence-electron chi connectivity index (χ2n) is 2.41. The van der Waals surface area contributed by atoms with Crippen molar-refractivity contribution in [2.45, 2.75) is 6.37 Å². The Kier molecular flexibility index (Phi) is 0.984. The number of carbonyl (C=O) groups is 1. The molecular weight excluding hydrogens is 138 g/mol. The number of benzene rings is 1. The Morgan fingerprint density at radius 1 is 1.45 bits per heavy atom. The third kappa shape index (κ3) is 1.00. The summed E-state index contributed by atoms with van der Waals surface area (Å²) in [7, 11) is 0. The third-order valence-electron chi connectivity index (χ3n) is 1.70. The average Bonchev–Trinajstić information content (AvgIpc) is 2.13. The highest BCUT2D eigenvalue weighted by molar-refractivity contribution is 6.02. The number of nitrogens with one attached hydrogen (secondary N) is 1. The first-order valence-electron chi connectivity index (χ1n) is 4.49. The number of anilines is 1. The van der Waals surface area contributed by atoms with Crippen molar-refractivity contribution in [3.05, 3.63) is 29.8 Å². The first-order chi connectivity index (χ1) is 6.11. The topological polar surface area (TPSA) is 29.1 Å². The minimum Gasteiger partial charge on any atom is -0.384 e. The van der Waals surface area contributed by atoms with E-state index in [-0.39, 0.29) is 6.54 Å². The van der Waals surface area contributed by atoms with Crippen LogP contribution in [-0.4, -0.2) is 12.3 Å². The monoisotopic (exact) mass is 149 g/mol. The van der Waals surface area contributed by atoms with Gasteiger partial charge in [0.25, 0.3) is 0 Å². The fourth-order valence-electron chi connectivity index (χ4n) is 1.15. The van der Waals surface area contributed by atoms with Gasteiger partial charge in [-0.3, -0.25) is 4.79 Å².